The van der Waals surface area contributed by atoms with Crippen LogP contribution in [-0.4, -0.2) is 36.4 Å². The lowest BCUT2D eigenvalue weighted by atomic mass is 10.0. The molecule has 0 aromatic carbocycles. The summed E-state index contributed by atoms with van der Waals surface area (Å²) in [5.74, 6) is -0.575. The maximum Gasteiger partial charge on any atom is 0.306 e. The summed E-state index contributed by atoms with van der Waals surface area (Å²) in [4.78, 5) is 24.4. The topological polar surface area (TPSA) is 72.8 Å². The van der Waals surface area contributed by atoms with Crippen molar-refractivity contribution in [1.82, 2.24) is 0 Å². The SMILES string of the molecule is CCCCCCC/C=C\C/C=C\CCCCCCCCCCCCCCCCCC(=O)OC(CO)COC(=O)CCCCCCCCCCCCCCCCC. The Morgan fingerprint density at radius 1 is 0.411 bits per heavy atom. The van der Waals surface area contributed by atoms with Gasteiger partial charge in [0.05, 0.1) is 6.61 Å². The van der Waals surface area contributed by atoms with Crippen molar-refractivity contribution in [3.63, 3.8) is 0 Å². The molecule has 0 aliphatic heterocycles. The van der Waals surface area contributed by atoms with E-state index in [-0.39, 0.29) is 25.2 Å². The van der Waals surface area contributed by atoms with Crippen LogP contribution in [0, 0.1) is 0 Å². The van der Waals surface area contributed by atoms with E-state index in [1.165, 1.54) is 205 Å². The molecule has 1 atom stereocenters. The summed E-state index contributed by atoms with van der Waals surface area (Å²) >= 11 is 0. The third kappa shape index (κ3) is 45.1. The van der Waals surface area contributed by atoms with Gasteiger partial charge in [-0.25, -0.2) is 0 Å². The lowest BCUT2D eigenvalue weighted by Gasteiger charge is -2.15. The summed E-state index contributed by atoms with van der Waals surface area (Å²) in [5.41, 5.74) is 0. The zero-order valence-electron chi connectivity index (χ0n) is 37.7. The molecule has 0 aliphatic rings. The molecule has 0 fully saturated rings. The summed E-state index contributed by atoms with van der Waals surface area (Å²) in [5, 5.41) is 9.61. The van der Waals surface area contributed by atoms with Crippen LogP contribution in [0.1, 0.15) is 271 Å². The van der Waals surface area contributed by atoms with Gasteiger partial charge >= 0.3 is 11.9 Å². The van der Waals surface area contributed by atoms with Crippen LogP contribution < -0.4 is 0 Å². The molecule has 0 radical (unpaired) electrons. The summed E-state index contributed by atoms with van der Waals surface area (Å²) in [7, 11) is 0. The second-order valence-corrected chi connectivity index (χ2v) is 16.9. The van der Waals surface area contributed by atoms with E-state index in [0.717, 1.165) is 38.5 Å². The van der Waals surface area contributed by atoms with E-state index in [2.05, 4.69) is 38.2 Å². The third-order valence-electron chi connectivity index (χ3n) is 11.2. The molecule has 1 N–H and O–H groups in total. The first-order valence-corrected chi connectivity index (χ1v) is 24.9. The molecule has 0 bridgehead atoms. The maximum atomic E-state index is 12.2. The van der Waals surface area contributed by atoms with Gasteiger partial charge in [-0.2, -0.15) is 0 Å². The molecule has 0 aliphatic carbocycles. The predicted molar refractivity (Wildman–Crippen MR) is 242 cm³/mol. The zero-order valence-corrected chi connectivity index (χ0v) is 37.7. The molecule has 5 nitrogen and oxygen atoms in total. The van der Waals surface area contributed by atoms with Gasteiger partial charge in [0, 0.05) is 12.8 Å². The smallest absolute Gasteiger partial charge is 0.306 e. The molecular formula is C51H96O5. The number of unbranched alkanes of at least 4 members (excludes halogenated alkanes) is 34. The van der Waals surface area contributed by atoms with Crippen LogP contribution in [-0.2, 0) is 19.1 Å². The summed E-state index contributed by atoms with van der Waals surface area (Å²) in [6, 6.07) is 0. The van der Waals surface area contributed by atoms with Crippen LogP contribution in [0.2, 0.25) is 0 Å². The number of carbonyl (C=O) groups excluding carboxylic acids is 2. The molecule has 0 saturated carbocycles. The Labute approximate surface area is 349 Å². The maximum absolute atomic E-state index is 12.2. The number of allylic oxidation sites excluding steroid dienone is 4. The van der Waals surface area contributed by atoms with Gasteiger partial charge in [-0.05, 0) is 44.9 Å². The van der Waals surface area contributed by atoms with Gasteiger partial charge in [0.1, 0.15) is 6.61 Å². The number of hydrogen-bond donors (Lipinski definition) is 1. The number of rotatable bonds is 46. The number of carbonyl (C=O) groups is 2. The predicted octanol–water partition coefficient (Wildman–Crippen LogP) is 16.2. The van der Waals surface area contributed by atoms with Crippen molar-refractivity contribution in [3.05, 3.63) is 24.3 Å². The Morgan fingerprint density at radius 3 is 1.05 bits per heavy atom. The van der Waals surface area contributed by atoms with Crippen LogP contribution >= 0.6 is 0 Å². The first-order valence-electron chi connectivity index (χ1n) is 24.9. The summed E-state index contributed by atoms with van der Waals surface area (Å²) in [6.45, 7) is 4.16. The van der Waals surface area contributed by atoms with E-state index in [0.29, 0.717) is 12.8 Å². The van der Waals surface area contributed by atoms with Gasteiger partial charge in [0.2, 0.25) is 0 Å². The van der Waals surface area contributed by atoms with Gasteiger partial charge in [0.15, 0.2) is 6.10 Å². The fourth-order valence-electron chi connectivity index (χ4n) is 7.47. The third-order valence-corrected chi connectivity index (χ3v) is 11.2. The Hall–Kier alpha value is -1.62. The van der Waals surface area contributed by atoms with Crippen molar-refractivity contribution >= 4 is 11.9 Å². The molecule has 56 heavy (non-hydrogen) atoms. The van der Waals surface area contributed by atoms with Crippen LogP contribution in [0.15, 0.2) is 24.3 Å². The molecule has 5 heteroatoms. The first-order chi connectivity index (χ1) is 27.6. The largest absolute Gasteiger partial charge is 0.462 e. The van der Waals surface area contributed by atoms with Crippen molar-refractivity contribution in [1.29, 1.82) is 0 Å². The van der Waals surface area contributed by atoms with Gasteiger partial charge < -0.3 is 14.6 Å². The molecule has 0 rings (SSSR count). The Morgan fingerprint density at radius 2 is 0.714 bits per heavy atom. The molecule has 0 spiro atoms. The highest BCUT2D eigenvalue weighted by Gasteiger charge is 2.16. The fraction of sp³-hybridized carbons (Fsp3) is 0.882. The van der Waals surface area contributed by atoms with Gasteiger partial charge in [-0.3, -0.25) is 9.59 Å². The number of aliphatic hydroxyl groups is 1. The van der Waals surface area contributed by atoms with Gasteiger partial charge in [-0.15, -0.1) is 0 Å². The normalized spacial score (nSPS) is 12.3. The second kappa shape index (κ2) is 47.8. The second-order valence-electron chi connectivity index (χ2n) is 16.9. The minimum atomic E-state index is -0.766. The number of ether oxygens (including phenoxy) is 2. The Bertz CT molecular complexity index is 851. The van der Waals surface area contributed by atoms with E-state index in [9.17, 15) is 14.7 Å². The lowest BCUT2D eigenvalue weighted by Crippen LogP contribution is -2.28. The van der Waals surface area contributed by atoms with Crippen LogP contribution in [0.25, 0.3) is 0 Å². The minimum absolute atomic E-state index is 0.0597. The van der Waals surface area contributed by atoms with E-state index in [1.54, 1.807) is 0 Å². The van der Waals surface area contributed by atoms with Crippen molar-refractivity contribution in [3.8, 4) is 0 Å². The molecular weight excluding hydrogens is 693 g/mol. The van der Waals surface area contributed by atoms with Crippen LogP contribution in [0.5, 0.6) is 0 Å². The average molecular weight is 789 g/mol. The van der Waals surface area contributed by atoms with E-state index in [1.807, 2.05) is 0 Å². The molecule has 0 aromatic rings. The van der Waals surface area contributed by atoms with Crippen molar-refractivity contribution in [2.45, 2.75) is 277 Å². The highest BCUT2D eigenvalue weighted by molar-refractivity contribution is 5.70. The van der Waals surface area contributed by atoms with E-state index in [4.69, 9.17) is 9.47 Å². The molecule has 330 valence electrons. The molecule has 1 unspecified atom stereocenters. The van der Waals surface area contributed by atoms with Gasteiger partial charge in [0.25, 0.3) is 0 Å². The van der Waals surface area contributed by atoms with E-state index >= 15 is 0 Å². The van der Waals surface area contributed by atoms with Crippen LogP contribution in [0.3, 0.4) is 0 Å². The number of hydrogen-bond acceptors (Lipinski definition) is 5. The molecule has 0 amide bonds. The average Bonchev–Trinajstić information content (AvgIpc) is 3.20. The standard InChI is InChI=1S/C51H96O5/c1-3-5-7-9-11-13-15-17-19-20-21-22-23-24-25-26-27-28-29-30-32-34-36-38-40-42-44-46-51(54)56-49(47-52)48-55-50(53)45-43-41-39-37-35-33-31-18-16-14-12-10-8-6-4-2/h15,17,20-21,49,52H,3-14,16,18-19,22-48H2,1-2H3/b17-15-,21-20-. The van der Waals surface area contributed by atoms with Gasteiger partial charge in [-0.1, -0.05) is 237 Å². The Kier molecular flexibility index (Phi) is 46.4. The summed E-state index contributed by atoms with van der Waals surface area (Å²) in [6.07, 6.45) is 58.4. The van der Waals surface area contributed by atoms with E-state index < -0.39 is 6.10 Å². The quantitative estimate of drug-likeness (QED) is 0.0378. The monoisotopic (exact) mass is 789 g/mol. The number of esters is 2. The highest BCUT2D eigenvalue weighted by Crippen LogP contribution is 2.16. The molecule has 0 aromatic heterocycles. The zero-order chi connectivity index (χ0) is 40.7. The lowest BCUT2D eigenvalue weighted by molar-refractivity contribution is -0.161. The highest BCUT2D eigenvalue weighted by atomic mass is 16.6. The van der Waals surface area contributed by atoms with Crippen LogP contribution in [0.4, 0.5) is 0 Å². The molecule has 0 saturated heterocycles. The minimum Gasteiger partial charge on any atom is -0.462 e. The van der Waals surface area contributed by atoms with Crippen molar-refractivity contribution in [2.24, 2.45) is 0 Å². The number of aliphatic hydroxyl groups excluding tert-OH is 1. The van der Waals surface area contributed by atoms with Crippen molar-refractivity contribution < 1.29 is 24.2 Å². The Balaban J connectivity index is 3.44. The fourth-order valence-corrected chi connectivity index (χ4v) is 7.47. The molecule has 0 heterocycles. The summed E-state index contributed by atoms with van der Waals surface area (Å²) < 4.78 is 10.7. The first kappa shape index (κ1) is 54.4. The van der Waals surface area contributed by atoms with Crippen molar-refractivity contribution in [2.75, 3.05) is 13.2 Å².